The van der Waals surface area contributed by atoms with E-state index in [9.17, 15) is 0 Å². The van der Waals surface area contributed by atoms with Crippen molar-refractivity contribution in [2.24, 2.45) is 11.7 Å². The SMILES string of the molecule is CCC(C)[C@H](N)c1ccc(Br)o1.Cl. The number of hydrogen-bond acceptors (Lipinski definition) is 2. The second kappa shape index (κ2) is 5.68. The van der Waals surface area contributed by atoms with E-state index in [0.717, 1.165) is 16.9 Å². The van der Waals surface area contributed by atoms with Crippen molar-refractivity contribution in [3.63, 3.8) is 0 Å². The number of hydrogen-bond donors (Lipinski definition) is 1. The molecule has 1 unspecified atom stereocenters. The Hall–Kier alpha value is 0.01000. The van der Waals surface area contributed by atoms with Gasteiger partial charge in [-0.1, -0.05) is 20.3 Å². The molecule has 0 amide bonds. The molecule has 0 bridgehead atoms. The van der Waals surface area contributed by atoms with Gasteiger partial charge in [-0.05, 0) is 34.0 Å². The lowest BCUT2D eigenvalue weighted by molar-refractivity contribution is 0.369. The minimum atomic E-state index is 0. The third-order valence-corrected chi connectivity index (χ3v) is 2.61. The number of halogens is 2. The second-order valence-electron chi connectivity index (χ2n) is 3.05. The zero-order valence-corrected chi connectivity index (χ0v) is 10.2. The highest BCUT2D eigenvalue weighted by Gasteiger charge is 2.15. The van der Waals surface area contributed by atoms with E-state index < -0.39 is 0 Å². The van der Waals surface area contributed by atoms with Crippen LogP contribution in [0.5, 0.6) is 0 Å². The highest BCUT2D eigenvalue weighted by Crippen LogP contribution is 2.25. The number of rotatable bonds is 3. The molecule has 0 saturated carbocycles. The fourth-order valence-electron chi connectivity index (χ4n) is 1.04. The Bertz CT molecular complexity index is 252. The van der Waals surface area contributed by atoms with Gasteiger partial charge in [0, 0.05) is 0 Å². The fraction of sp³-hybridized carbons (Fsp3) is 0.556. The van der Waals surface area contributed by atoms with Gasteiger partial charge in [-0.3, -0.25) is 0 Å². The lowest BCUT2D eigenvalue weighted by Gasteiger charge is -2.15. The third kappa shape index (κ3) is 3.33. The molecule has 13 heavy (non-hydrogen) atoms. The number of furan rings is 1. The molecule has 0 radical (unpaired) electrons. The first-order valence-electron chi connectivity index (χ1n) is 4.16. The minimum absolute atomic E-state index is 0. The van der Waals surface area contributed by atoms with E-state index in [0.29, 0.717) is 5.92 Å². The van der Waals surface area contributed by atoms with Gasteiger partial charge in [0.05, 0.1) is 6.04 Å². The van der Waals surface area contributed by atoms with Crippen LogP contribution in [0.2, 0.25) is 0 Å². The first-order chi connectivity index (χ1) is 5.65. The summed E-state index contributed by atoms with van der Waals surface area (Å²) in [4.78, 5) is 0. The van der Waals surface area contributed by atoms with Crippen molar-refractivity contribution in [1.29, 1.82) is 0 Å². The van der Waals surface area contributed by atoms with Crippen LogP contribution in [0.4, 0.5) is 0 Å². The standard InChI is InChI=1S/C9H14BrNO.ClH/c1-3-6(2)9(11)7-4-5-8(10)12-7;/h4-6,9H,3,11H2,1-2H3;1H/t6?,9-;/m0./s1. The lowest BCUT2D eigenvalue weighted by atomic mass is 9.98. The Kier molecular flexibility index (Phi) is 5.68. The predicted molar refractivity (Wildman–Crippen MR) is 60.0 cm³/mol. The van der Waals surface area contributed by atoms with E-state index in [2.05, 4.69) is 29.8 Å². The molecule has 0 aliphatic carbocycles. The topological polar surface area (TPSA) is 39.2 Å². The van der Waals surface area contributed by atoms with Crippen LogP contribution in [-0.2, 0) is 0 Å². The molecule has 0 fully saturated rings. The van der Waals surface area contributed by atoms with Crippen molar-refractivity contribution >= 4 is 28.3 Å². The van der Waals surface area contributed by atoms with Gasteiger partial charge >= 0.3 is 0 Å². The van der Waals surface area contributed by atoms with Crippen LogP contribution >= 0.6 is 28.3 Å². The van der Waals surface area contributed by atoms with E-state index in [4.69, 9.17) is 10.2 Å². The quantitative estimate of drug-likeness (QED) is 0.911. The van der Waals surface area contributed by atoms with Crippen molar-refractivity contribution in [3.05, 3.63) is 22.6 Å². The fourth-order valence-corrected chi connectivity index (χ4v) is 1.36. The molecule has 0 aliphatic heterocycles. The second-order valence-corrected chi connectivity index (χ2v) is 3.83. The van der Waals surface area contributed by atoms with E-state index >= 15 is 0 Å². The zero-order chi connectivity index (χ0) is 9.14. The molecule has 0 aromatic carbocycles. The smallest absolute Gasteiger partial charge is 0.169 e. The Labute approximate surface area is 93.4 Å². The maximum absolute atomic E-state index is 5.95. The van der Waals surface area contributed by atoms with Crippen molar-refractivity contribution in [2.75, 3.05) is 0 Å². The molecule has 1 aromatic rings. The average Bonchev–Trinajstić information content (AvgIpc) is 2.49. The van der Waals surface area contributed by atoms with Crippen LogP contribution in [0.25, 0.3) is 0 Å². The summed E-state index contributed by atoms with van der Waals surface area (Å²) in [5, 5.41) is 0. The van der Waals surface area contributed by atoms with Crippen molar-refractivity contribution in [2.45, 2.75) is 26.3 Å². The highest BCUT2D eigenvalue weighted by molar-refractivity contribution is 9.10. The third-order valence-electron chi connectivity index (χ3n) is 2.18. The van der Waals surface area contributed by atoms with Crippen molar-refractivity contribution in [1.82, 2.24) is 0 Å². The predicted octanol–water partition coefficient (Wildman–Crippen LogP) is 3.51. The van der Waals surface area contributed by atoms with E-state index in [-0.39, 0.29) is 18.4 Å². The molecule has 2 atom stereocenters. The summed E-state index contributed by atoms with van der Waals surface area (Å²) in [5.74, 6) is 1.32. The van der Waals surface area contributed by atoms with Crippen molar-refractivity contribution < 1.29 is 4.42 Å². The van der Waals surface area contributed by atoms with Gasteiger partial charge in [-0.2, -0.15) is 0 Å². The molecular weight excluding hydrogens is 253 g/mol. The average molecular weight is 269 g/mol. The van der Waals surface area contributed by atoms with Gasteiger partial charge in [0.15, 0.2) is 4.67 Å². The van der Waals surface area contributed by atoms with Crippen molar-refractivity contribution in [3.8, 4) is 0 Å². The molecule has 0 aliphatic rings. The molecule has 76 valence electrons. The van der Waals surface area contributed by atoms with Crippen LogP contribution in [-0.4, -0.2) is 0 Å². The van der Waals surface area contributed by atoms with Gasteiger partial charge in [0.2, 0.25) is 0 Å². The molecule has 0 spiro atoms. The van der Waals surface area contributed by atoms with Crippen LogP contribution < -0.4 is 5.73 Å². The summed E-state index contributed by atoms with van der Waals surface area (Å²) in [5.41, 5.74) is 5.95. The van der Waals surface area contributed by atoms with Gasteiger partial charge in [0.1, 0.15) is 5.76 Å². The van der Waals surface area contributed by atoms with Gasteiger partial charge in [-0.15, -0.1) is 12.4 Å². The maximum Gasteiger partial charge on any atom is 0.169 e. The first kappa shape index (κ1) is 13.0. The molecule has 4 heteroatoms. The summed E-state index contributed by atoms with van der Waals surface area (Å²) in [6.07, 6.45) is 1.07. The van der Waals surface area contributed by atoms with E-state index in [1.54, 1.807) is 0 Å². The zero-order valence-electron chi connectivity index (χ0n) is 7.79. The Balaban J connectivity index is 0.00000144. The summed E-state index contributed by atoms with van der Waals surface area (Å²) in [6, 6.07) is 3.81. The molecular formula is C9H15BrClNO. The van der Waals surface area contributed by atoms with E-state index in [1.165, 1.54) is 0 Å². The maximum atomic E-state index is 5.95. The summed E-state index contributed by atoms with van der Waals surface area (Å²) >= 11 is 3.25. The van der Waals surface area contributed by atoms with E-state index in [1.807, 2.05) is 12.1 Å². The Morgan fingerprint density at radius 3 is 2.54 bits per heavy atom. The van der Waals surface area contributed by atoms with Gasteiger partial charge in [-0.25, -0.2) is 0 Å². The molecule has 1 rings (SSSR count). The van der Waals surface area contributed by atoms with Crippen LogP contribution in [0.3, 0.4) is 0 Å². The largest absolute Gasteiger partial charge is 0.453 e. The summed E-state index contributed by atoms with van der Waals surface area (Å²) in [6.45, 7) is 4.25. The summed E-state index contributed by atoms with van der Waals surface area (Å²) < 4.78 is 6.11. The van der Waals surface area contributed by atoms with Crippen LogP contribution in [0, 0.1) is 5.92 Å². The Morgan fingerprint density at radius 1 is 1.54 bits per heavy atom. The van der Waals surface area contributed by atoms with Gasteiger partial charge < -0.3 is 10.2 Å². The normalized spacial score (nSPS) is 14.8. The lowest BCUT2D eigenvalue weighted by Crippen LogP contribution is -2.17. The monoisotopic (exact) mass is 267 g/mol. The molecule has 0 saturated heterocycles. The molecule has 1 aromatic heterocycles. The van der Waals surface area contributed by atoms with Crippen LogP contribution in [0.1, 0.15) is 32.1 Å². The Morgan fingerprint density at radius 2 is 2.15 bits per heavy atom. The molecule has 2 N–H and O–H groups in total. The minimum Gasteiger partial charge on any atom is -0.453 e. The number of nitrogens with two attached hydrogens (primary N) is 1. The molecule has 2 nitrogen and oxygen atoms in total. The highest BCUT2D eigenvalue weighted by atomic mass is 79.9. The summed E-state index contributed by atoms with van der Waals surface area (Å²) in [7, 11) is 0. The van der Waals surface area contributed by atoms with Crippen LogP contribution in [0.15, 0.2) is 21.2 Å². The van der Waals surface area contributed by atoms with Gasteiger partial charge in [0.25, 0.3) is 0 Å². The molecule has 1 heterocycles. The first-order valence-corrected chi connectivity index (χ1v) is 4.95.